The molecule has 0 unspecified atom stereocenters. The first-order valence-electron chi connectivity index (χ1n) is 6.56. The van der Waals surface area contributed by atoms with E-state index in [0.717, 1.165) is 32.7 Å². The largest absolute Gasteiger partial charge is 0.383 e. The smallest absolute Gasteiger partial charge is 0.219 e. The molecular weight excluding hydrogens is 216 g/mol. The quantitative estimate of drug-likeness (QED) is 0.665. The third-order valence-corrected chi connectivity index (χ3v) is 2.04. The number of hydrogen-bond acceptors (Lipinski definition) is 3. The molecule has 1 N–H and O–H groups in total. The highest BCUT2D eigenvalue weighted by molar-refractivity contribution is 5.75. The second kappa shape index (κ2) is 15.4. The van der Waals surface area contributed by atoms with E-state index in [9.17, 15) is 4.79 Å². The van der Waals surface area contributed by atoms with Gasteiger partial charge in [0.05, 0.1) is 6.61 Å². The third-order valence-electron chi connectivity index (χ3n) is 2.04. The molecule has 0 aromatic heterocycles. The fourth-order valence-electron chi connectivity index (χ4n) is 1.06. The monoisotopic (exact) mass is 246 g/mol. The number of methoxy groups -OCH3 is 1. The molecule has 0 heterocycles. The molecule has 104 valence electrons. The van der Waals surface area contributed by atoms with Gasteiger partial charge in [0, 0.05) is 26.6 Å². The number of rotatable bonds is 8. The van der Waals surface area contributed by atoms with Crippen molar-refractivity contribution >= 4 is 5.91 Å². The summed E-state index contributed by atoms with van der Waals surface area (Å²) in [6.07, 6.45) is 2.81. The lowest BCUT2D eigenvalue weighted by Crippen LogP contribution is -2.29. The number of amides is 1. The van der Waals surface area contributed by atoms with Gasteiger partial charge >= 0.3 is 0 Å². The molecule has 0 radical (unpaired) electrons. The van der Waals surface area contributed by atoms with E-state index in [0.29, 0.717) is 6.42 Å². The van der Waals surface area contributed by atoms with Crippen LogP contribution in [0.5, 0.6) is 0 Å². The van der Waals surface area contributed by atoms with E-state index in [2.05, 4.69) is 31.1 Å². The average Bonchev–Trinajstić information content (AvgIpc) is 2.32. The lowest BCUT2D eigenvalue weighted by molar-refractivity contribution is -0.120. The van der Waals surface area contributed by atoms with Crippen LogP contribution >= 0.6 is 0 Å². The van der Waals surface area contributed by atoms with Crippen molar-refractivity contribution in [2.75, 3.05) is 40.4 Å². The summed E-state index contributed by atoms with van der Waals surface area (Å²) >= 11 is 0. The number of hydrogen-bond donors (Lipinski definition) is 1. The van der Waals surface area contributed by atoms with Gasteiger partial charge in [0.25, 0.3) is 0 Å². The Morgan fingerprint density at radius 3 is 2.29 bits per heavy atom. The number of ether oxygens (including phenoxy) is 1. The van der Waals surface area contributed by atoms with Gasteiger partial charge in [0.15, 0.2) is 0 Å². The van der Waals surface area contributed by atoms with Crippen molar-refractivity contribution in [2.45, 2.75) is 40.0 Å². The lowest BCUT2D eigenvalue weighted by atomic mass is 10.3. The van der Waals surface area contributed by atoms with Gasteiger partial charge in [0.1, 0.15) is 0 Å². The fourth-order valence-corrected chi connectivity index (χ4v) is 1.06. The van der Waals surface area contributed by atoms with Crippen molar-refractivity contribution in [2.24, 2.45) is 0 Å². The maximum Gasteiger partial charge on any atom is 0.219 e. The molecule has 0 aliphatic heterocycles. The zero-order chi connectivity index (χ0) is 13.5. The highest BCUT2D eigenvalue weighted by atomic mass is 16.5. The molecule has 0 rings (SSSR count). The average molecular weight is 246 g/mol. The Balaban J connectivity index is 0. The van der Waals surface area contributed by atoms with Gasteiger partial charge in [-0.3, -0.25) is 4.79 Å². The van der Waals surface area contributed by atoms with Gasteiger partial charge in [-0.1, -0.05) is 27.2 Å². The Morgan fingerprint density at radius 2 is 1.82 bits per heavy atom. The second-order valence-corrected chi connectivity index (χ2v) is 4.06. The van der Waals surface area contributed by atoms with Crippen LogP contribution in [-0.2, 0) is 9.53 Å². The molecular formula is C13H30N2O2. The van der Waals surface area contributed by atoms with E-state index >= 15 is 0 Å². The van der Waals surface area contributed by atoms with Crippen LogP contribution in [0.3, 0.4) is 0 Å². The van der Waals surface area contributed by atoms with Crippen LogP contribution in [0.25, 0.3) is 0 Å². The van der Waals surface area contributed by atoms with E-state index < -0.39 is 0 Å². The number of nitrogens with one attached hydrogen (secondary N) is 1. The molecule has 0 saturated carbocycles. The first-order valence-corrected chi connectivity index (χ1v) is 6.56. The van der Waals surface area contributed by atoms with E-state index in [1.807, 2.05) is 6.92 Å². The maximum absolute atomic E-state index is 10.9. The molecule has 0 aromatic carbocycles. The van der Waals surface area contributed by atoms with Crippen molar-refractivity contribution in [1.29, 1.82) is 0 Å². The molecule has 0 aliphatic rings. The summed E-state index contributed by atoms with van der Waals surface area (Å²) in [5, 5.41) is 2.85. The minimum Gasteiger partial charge on any atom is -0.383 e. The summed E-state index contributed by atoms with van der Waals surface area (Å²) in [4.78, 5) is 13.1. The standard InChI is InChI=1S/C10H22N2O2.C3H8/c1-4-10(13)11-6-5-7-12(2)8-9-14-3;1-3-2/h4-9H2,1-3H3,(H,11,13);3H2,1-2H3. The van der Waals surface area contributed by atoms with Crippen LogP contribution in [0, 0.1) is 0 Å². The topological polar surface area (TPSA) is 41.6 Å². The molecule has 0 spiro atoms. The molecule has 1 amide bonds. The molecule has 0 fully saturated rings. The lowest BCUT2D eigenvalue weighted by Gasteiger charge is -2.15. The van der Waals surface area contributed by atoms with Crippen molar-refractivity contribution < 1.29 is 9.53 Å². The van der Waals surface area contributed by atoms with Gasteiger partial charge in [-0.25, -0.2) is 0 Å². The Kier molecular flexibility index (Phi) is 17.0. The van der Waals surface area contributed by atoms with E-state index in [-0.39, 0.29) is 5.91 Å². The van der Waals surface area contributed by atoms with Crippen molar-refractivity contribution in [3.8, 4) is 0 Å². The summed E-state index contributed by atoms with van der Waals surface area (Å²) in [5.74, 6) is 0.129. The molecule has 0 aliphatic carbocycles. The Hall–Kier alpha value is -0.610. The number of carbonyl (C=O) groups excluding carboxylic acids is 1. The van der Waals surface area contributed by atoms with Gasteiger partial charge in [-0.05, 0) is 20.0 Å². The molecule has 0 aromatic rings. The van der Waals surface area contributed by atoms with Crippen LogP contribution in [-0.4, -0.2) is 51.2 Å². The number of likely N-dealkylation sites (N-methyl/N-ethyl adjacent to an activating group) is 1. The summed E-state index contributed by atoms with van der Waals surface area (Å²) in [7, 11) is 3.76. The number of nitrogens with zero attached hydrogens (tertiary/aromatic N) is 1. The Morgan fingerprint density at radius 1 is 1.24 bits per heavy atom. The summed E-state index contributed by atoms with van der Waals surface area (Å²) in [5.41, 5.74) is 0. The highest BCUT2D eigenvalue weighted by Crippen LogP contribution is 1.86. The van der Waals surface area contributed by atoms with Crippen LogP contribution in [0.4, 0.5) is 0 Å². The second-order valence-electron chi connectivity index (χ2n) is 4.06. The minimum atomic E-state index is 0.129. The zero-order valence-corrected chi connectivity index (χ0v) is 12.2. The zero-order valence-electron chi connectivity index (χ0n) is 12.2. The number of carbonyl (C=O) groups is 1. The fraction of sp³-hybridized carbons (Fsp3) is 0.923. The van der Waals surface area contributed by atoms with Crippen LogP contribution in [0.2, 0.25) is 0 Å². The van der Waals surface area contributed by atoms with Crippen molar-refractivity contribution in [3.63, 3.8) is 0 Å². The van der Waals surface area contributed by atoms with Crippen LogP contribution < -0.4 is 5.32 Å². The molecule has 0 bridgehead atoms. The van der Waals surface area contributed by atoms with Gasteiger partial charge in [-0.15, -0.1) is 0 Å². The minimum absolute atomic E-state index is 0.129. The van der Waals surface area contributed by atoms with E-state index in [1.54, 1.807) is 7.11 Å². The summed E-state index contributed by atoms with van der Waals surface area (Å²) in [6.45, 7) is 9.58. The summed E-state index contributed by atoms with van der Waals surface area (Å²) < 4.78 is 4.96. The predicted molar refractivity (Wildman–Crippen MR) is 73.3 cm³/mol. The van der Waals surface area contributed by atoms with Crippen LogP contribution in [0.15, 0.2) is 0 Å². The highest BCUT2D eigenvalue weighted by Gasteiger charge is 1.98. The van der Waals surface area contributed by atoms with Crippen molar-refractivity contribution in [3.05, 3.63) is 0 Å². The molecule has 17 heavy (non-hydrogen) atoms. The van der Waals surface area contributed by atoms with Gasteiger partial charge in [-0.2, -0.15) is 0 Å². The first-order chi connectivity index (χ1) is 8.12. The van der Waals surface area contributed by atoms with E-state index in [1.165, 1.54) is 6.42 Å². The SMILES string of the molecule is CCC.CCC(=O)NCCCN(C)CCOC. The molecule has 4 heteroatoms. The Bertz CT molecular complexity index is 163. The molecule has 0 atom stereocenters. The maximum atomic E-state index is 10.9. The first kappa shape index (κ1) is 18.7. The molecule has 0 saturated heterocycles. The Labute approximate surface area is 107 Å². The van der Waals surface area contributed by atoms with E-state index in [4.69, 9.17) is 4.74 Å². The van der Waals surface area contributed by atoms with Gasteiger partial charge in [0.2, 0.25) is 5.91 Å². The normalized spacial score (nSPS) is 9.76. The third kappa shape index (κ3) is 18.0. The summed E-state index contributed by atoms with van der Waals surface area (Å²) in [6, 6.07) is 0. The van der Waals surface area contributed by atoms with Crippen molar-refractivity contribution in [1.82, 2.24) is 10.2 Å². The predicted octanol–water partition coefficient (Wildman–Crippen LogP) is 1.90. The van der Waals surface area contributed by atoms with Gasteiger partial charge < -0.3 is 15.0 Å². The molecule has 4 nitrogen and oxygen atoms in total. The van der Waals surface area contributed by atoms with Crippen LogP contribution in [0.1, 0.15) is 40.0 Å².